The van der Waals surface area contributed by atoms with Crippen molar-refractivity contribution >= 4 is 5.69 Å². The van der Waals surface area contributed by atoms with Crippen molar-refractivity contribution in [1.82, 2.24) is 5.32 Å². The first kappa shape index (κ1) is 14.0. The molecule has 0 aromatic heterocycles. The van der Waals surface area contributed by atoms with Crippen molar-refractivity contribution in [1.29, 1.82) is 0 Å². The summed E-state index contributed by atoms with van der Waals surface area (Å²) in [6.07, 6.45) is 3.71. The van der Waals surface area contributed by atoms with Crippen LogP contribution in [0.15, 0.2) is 24.3 Å². The molecule has 1 aliphatic rings. The van der Waals surface area contributed by atoms with Crippen LogP contribution in [0.1, 0.15) is 38.7 Å². The van der Waals surface area contributed by atoms with Gasteiger partial charge in [-0.3, -0.25) is 10.1 Å². The second kappa shape index (κ2) is 6.15. The lowest BCUT2D eigenvalue weighted by Gasteiger charge is -2.33. The molecule has 1 fully saturated rings. The molecule has 1 aliphatic carbocycles. The highest BCUT2D eigenvalue weighted by molar-refractivity contribution is 5.39. The fraction of sp³-hybridized carbons (Fsp3) is 0.600. The molecule has 1 N–H and O–H groups in total. The Labute approximate surface area is 114 Å². The maximum absolute atomic E-state index is 11.0. The van der Waals surface area contributed by atoms with E-state index >= 15 is 0 Å². The van der Waals surface area contributed by atoms with Crippen molar-refractivity contribution < 1.29 is 4.92 Å². The highest BCUT2D eigenvalue weighted by Gasteiger charge is 2.25. The Kier molecular flexibility index (Phi) is 4.53. The summed E-state index contributed by atoms with van der Waals surface area (Å²) in [7, 11) is 0. The van der Waals surface area contributed by atoms with Crippen molar-refractivity contribution in [3.8, 4) is 0 Å². The molecule has 0 saturated heterocycles. The van der Waals surface area contributed by atoms with E-state index in [4.69, 9.17) is 0 Å². The number of hydrogen-bond donors (Lipinski definition) is 1. The third-order valence-electron chi connectivity index (χ3n) is 4.20. The fourth-order valence-electron chi connectivity index (χ4n) is 2.90. The van der Waals surface area contributed by atoms with Gasteiger partial charge in [0, 0.05) is 24.2 Å². The second-order valence-electron chi connectivity index (χ2n) is 5.77. The van der Waals surface area contributed by atoms with Crippen LogP contribution >= 0.6 is 0 Å². The number of hydrogen-bond acceptors (Lipinski definition) is 3. The Morgan fingerprint density at radius 3 is 2.79 bits per heavy atom. The van der Waals surface area contributed by atoms with Crippen LogP contribution in [-0.4, -0.2) is 11.0 Å². The van der Waals surface area contributed by atoms with Crippen LogP contribution in [0.3, 0.4) is 0 Å². The van der Waals surface area contributed by atoms with Crippen molar-refractivity contribution in [2.75, 3.05) is 0 Å². The molecule has 1 aromatic rings. The van der Waals surface area contributed by atoms with Crippen LogP contribution in [-0.2, 0) is 6.54 Å². The average molecular weight is 262 g/mol. The summed E-state index contributed by atoms with van der Waals surface area (Å²) in [6.45, 7) is 5.13. The number of nitro groups is 1. The van der Waals surface area contributed by atoms with Gasteiger partial charge >= 0.3 is 0 Å². The molecule has 0 spiro atoms. The Morgan fingerprint density at radius 1 is 1.32 bits per heavy atom. The van der Waals surface area contributed by atoms with Crippen molar-refractivity contribution in [3.63, 3.8) is 0 Å². The highest BCUT2D eigenvalue weighted by Crippen LogP contribution is 2.29. The highest BCUT2D eigenvalue weighted by atomic mass is 16.6. The van der Waals surface area contributed by atoms with Crippen LogP contribution in [0.2, 0.25) is 0 Å². The summed E-state index contributed by atoms with van der Waals surface area (Å²) in [5, 5.41) is 14.5. The molecule has 2 rings (SSSR count). The number of rotatable bonds is 4. The first-order valence-electron chi connectivity index (χ1n) is 7.03. The zero-order valence-electron chi connectivity index (χ0n) is 11.6. The summed E-state index contributed by atoms with van der Waals surface area (Å²) in [5.41, 5.74) is 0.990. The second-order valence-corrected chi connectivity index (χ2v) is 5.77. The smallest absolute Gasteiger partial charge is 0.273 e. The molecule has 104 valence electrons. The van der Waals surface area contributed by atoms with Gasteiger partial charge in [0.15, 0.2) is 0 Å². The minimum atomic E-state index is -0.302. The molecule has 0 bridgehead atoms. The van der Waals surface area contributed by atoms with E-state index < -0.39 is 0 Å². The minimum Gasteiger partial charge on any atom is -0.309 e. The van der Waals surface area contributed by atoms with Gasteiger partial charge in [0.25, 0.3) is 5.69 Å². The lowest BCUT2D eigenvalue weighted by molar-refractivity contribution is -0.385. The third-order valence-corrected chi connectivity index (χ3v) is 4.20. The van der Waals surface area contributed by atoms with Crippen LogP contribution in [0.5, 0.6) is 0 Å². The van der Waals surface area contributed by atoms with Crippen LogP contribution in [0.25, 0.3) is 0 Å². The van der Waals surface area contributed by atoms with Gasteiger partial charge in [-0.2, -0.15) is 0 Å². The summed E-state index contributed by atoms with van der Waals surface area (Å²) in [4.78, 5) is 10.7. The van der Waals surface area contributed by atoms with Gasteiger partial charge in [-0.05, 0) is 24.7 Å². The monoisotopic (exact) mass is 262 g/mol. The van der Waals surface area contributed by atoms with Gasteiger partial charge in [0.1, 0.15) is 0 Å². The predicted octanol–water partition coefficient (Wildman–Crippen LogP) is 3.51. The quantitative estimate of drug-likeness (QED) is 0.667. The average Bonchev–Trinajstić information content (AvgIpc) is 2.40. The van der Waals surface area contributed by atoms with Gasteiger partial charge in [0.2, 0.25) is 0 Å². The molecule has 3 unspecified atom stereocenters. The van der Waals surface area contributed by atoms with E-state index in [0.29, 0.717) is 18.5 Å². The molecule has 19 heavy (non-hydrogen) atoms. The Balaban J connectivity index is 2.00. The van der Waals surface area contributed by atoms with Gasteiger partial charge in [-0.25, -0.2) is 0 Å². The van der Waals surface area contributed by atoms with Crippen LogP contribution in [0, 0.1) is 22.0 Å². The van der Waals surface area contributed by atoms with Gasteiger partial charge in [0.05, 0.1) is 4.92 Å². The van der Waals surface area contributed by atoms with Crippen molar-refractivity contribution in [2.24, 2.45) is 11.8 Å². The van der Waals surface area contributed by atoms with E-state index in [1.165, 1.54) is 19.3 Å². The third kappa shape index (κ3) is 3.53. The number of nitro benzene ring substituents is 1. The van der Waals surface area contributed by atoms with Crippen molar-refractivity contribution in [3.05, 3.63) is 39.9 Å². The van der Waals surface area contributed by atoms with E-state index in [-0.39, 0.29) is 10.6 Å². The molecule has 3 atom stereocenters. The zero-order chi connectivity index (χ0) is 13.8. The maximum Gasteiger partial charge on any atom is 0.273 e. The predicted molar refractivity (Wildman–Crippen MR) is 75.9 cm³/mol. The fourth-order valence-corrected chi connectivity index (χ4v) is 2.90. The molecule has 1 saturated carbocycles. The molecular formula is C15H22N2O2. The molecule has 4 nitrogen and oxygen atoms in total. The van der Waals surface area contributed by atoms with E-state index in [2.05, 4.69) is 19.2 Å². The topological polar surface area (TPSA) is 55.2 Å². The normalized spacial score (nSPS) is 27.2. The molecular weight excluding hydrogens is 240 g/mol. The first-order chi connectivity index (χ1) is 9.08. The van der Waals surface area contributed by atoms with Crippen LogP contribution in [0.4, 0.5) is 5.69 Å². The molecule has 4 heteroatoms. The lowest BCUT2D eigenvalue weighted by atomic mass is 9.80. The largest absolute Gasteiger partial charge is 0.309 e. The van der Waals surface area contributed by atoms with Gasteiger partial charge < -0.3 is 5.32 Å². The summed E-state index contributed by atoms with van der Waals surface area (Å²) >= 11 is 0. The zero-order valence-corrected chi connectivity index (χ0v) is 11.6. The Bertz CT molecular complexity index is 448. The Morgan fingerprint density at radius 2 is 2.05 bits per heavy atom. The van der Waals surface area contributed by atoms with E-state index in [9.17, 15) is 10.1 Å². The molecule has 1 aromatic carbocycles. The standard InChI is InChI=1S/C15H22N2O2/c1-11-7-8-12(2)14(9-11)16-10-13-5-3-4-6-15(13)17(18)19/h3-6,11-12,14,16H,7-10H2,1-2H3. The minimum absolute atomic E-state index is 0.214. The molecule has 0 amide bonds. The van der Waals surface area contributed by atoms with E-state index in [1.807, 2.05) is 12.1 Å². The number of nitrogens with one attached hydrogen (secondary N) is 1. The first-order valence-corrected chi connectivity index (χ1v) is 7.03. The molecule has 0 radical (unpaired) electrons. The number of para-hydroxylation sites is 1. The molecule has 0 aliphatic heterocycles. The summed E-state index contributed by atoms with van der Waals surface area (Å²) in [6, 6.07) is 7.46. The SMILES string of the molecule is CC1CCC(C)C(NCc2ccccc2[N+](=O)[O-])C1. The number of benzene rings is 1. The lowest BCUT2D eigenvalue weighted by Crippen LogP contribution is -2.39. The Hall–Kier alpha value is -1.42. The summed E-state index contributed by atoms with van der Waals surface area (Å²) < 4.78 is 0. The van der Waals surface area contributed by atoms with Crippen LogP contribution < -0.4 is 5.32 Å². The van der Waals surface area contributed by atoms with E-state index in [0.717, 1.165) is 11.5 Å². The molecule has 0 heterocycles. The van der Waals surface area contributed by atoms with Gasteiger partial charge in [-0.1, -0.05) is 38.5 Å². The summed E-state index contributed by atoms with van der Waals surface area (Å²) in [5.74, 6) is 1.40. The maximum atomic E-state index is 11.0. The van der Waals surface area contributed by atoms with E-state index in [1.54, 1.807) is 12.1 Å². The van der Waals surface area contributed by atoms with Crippen molar-refractivity contribution in [2.45, 2.75) is 45.7 Å². The number of nitrogens with zero attached hydrogens (tertiary/aromatic N) is 1. The van der Waals surface area contributed by atoms with Gasteiger partial charge in [-0.15, -0.1) is 0 Å².